The number of fused-ring (bicyclic) bond motifs is 3. The van der Waals surface area contributed by atoms with Crippen molar-refractivity contribution in [3.63, 3.8) is 0 Å². The molecular weight excluding hydrogens is 264 g/mol. The van der Waals surface area contributed by atoms with Crippen LogP contribution in [0.1, 0.15) is 37.2 Å². The van der Waals surface area contributed by atoms with Crippen molar-refractivity contribution in [2.45, 2.75) is 49.8 Å². The third kappa shape index (κ3) is 2.18. The maximum atomic E-state index is 12.5. The van der Waals surface area contributed by atoms with E-state index in [0.717, 1.165) is 24.1 Å². The van der Waals surface area contributed by atoms with Gasteiger partial charge in [-0.3, -0.25) is 9.79 Å². The van der Waals surface area contributed by atoms with E-state index >= 15 is 0 Å². The molecule has 3 aliphatic rings. The number of para-hydroxylation sites is 1. The molecule has 21 heavy (non-hydrogen) atoms. The summed E-state index contributed by atoms with van der Waals surface area (Å²) in [5, 5.41) is 0. The topological polar surface area (TPSA) is 41.9 Å². The molecule has 0 saturated carbocycles. The molecule has 3 aliphatic heterocycles. The Morgan fingerprint density at radius 2 is 1.95 bits per heavy atom. The second-order valence-corrected chi connectivity index (χ2v) is 6.40. The zero-order valence-electron chi connectivity index (χ0n) is 12.2. The van der Waals surface area contributed by atoms with Gasteiger partial charge in [0, 0.05) is 18.3 Å². The predicted molar refractivity (Wildman–Crippen MR) is 81.0 cm³/mol. The van der Waals surface area contributed by atoms with Crippen LogP contribution in [0.4, 0.5) is 5.69 Å². The van der Waals surface area contributed by atoms with Gasteiger partial charge in [0.1, 0.15) is 12.0 Å². The van der Waals surface area contributed by atoms with Crippen LogP contribution < -0.4 is 0 Å². The summed E-state index contributed by atoms with van der Waals surface area (Å²) < 4.78 is 5.80. The summed E-state index contributed by atoms with van der Waals surface area (Å²) in [6.45, 7) is 0. The number of benzene rings is 1. The molecule has 1 aromatic rings. The summed E-state index contributed by atoms with van der Waals surface area (Å²) >= 11 is 0. The number of hydrogen-bond acceptors (Lipinski definition) is 4. The largest absolute Gasteiger partial charge is 0.462 e. The normalized spacial score (nSPS) is 34.0. The molecule has 1 aromatic carbocycles. The molecular formula is C17H20N2O2. The molecule has 2 saturated heterocycles. The molecule has 0 radical (unpaired) electrons. The van der Waals surface area contributed by atoms with Crippen LogP contribution in [0, 0.1) is 0 Å². The van der Waals surface area contributed by atoms with Crippen molar-refractivity contribution < 1.29 is 9.53 Å². The van der Waals surface area contributed by atoms with Crippen molar-refractivity contribution >= 4 is 17.9 Å². The van der Waals surface area contributed by atoms with Crippen LogP contribution in [-0.2, 0) is 9.53 Å². The summed E-state index contributed by atoms with van der Waals surface area (Å²) in [4.78, 5) is 19.2. The molecule has 0 spiro atoms. The zero-order chi connectivity index (χ0) is 14.4. The molecule has 4 nitrogen and oxygen atoms in total. The lowest BCUT2D eigenvalue weighted by molar-refractivity contribution is -0.152. The first-order valence-corrected chi connectivity index (χ1v) is 7.78. The molecule has 0 aromatic heterocycles. The fourth-order valence-corrected chi connectivity index (χ4v) is 3.99. The van der Waals surface area contributed by atoms with Crippen molar-refractivity contribution in [1.82, 2.24) is 4.90 Å². The van der Waals surface area contributed by atoms with Gasteiger partial charge >= 0.3 is 5.97 Å². The van der Waals surface area contributed by atoms with E-state index in [1.165, 1.54) is 12.8 Å². The molecule has 2 fully saturated rings. The van der Waals surface area contributed by atoms with Gasteiger partial charge < -0.3 is 9.64 Å². The monoisotopic (exact) mass is 284 g/mol. The number of esters is 1. The number of ether oxygens (including phenoxy) is 1. The number of nitrogens with zero attached hydrogens (tertiary/aromatic N) is 2. The molecule has 0 aliphatic carbocycles. The molecule has 1 unspecified atom stereocenters. The van der Waals surface area contributed by atoms with E-state index in [2.05, 4.69) is 16.9 Å². The summed E-state index contributed by atoms with van der Waals surface area (Å²) in [6.07, 6.45) is 6.23. The van der Waals surface area contributed by atoms with Gasteiger partial charge in [-0.1, -0.05) is 18.2 Å². The quantitative estimate of drug-likeness (QED) is 0.784. The number of aliphatic imine (C=N–C) groups is 1. The Labute approximate surface area is 124 Å². The SMILES string of the molecule is CN1[C@@H]2CC[C@H]1CC(OC(=O)[C@@H]1C=Nc3ccccc31)C2. The van der Waals surface area contributed by atoms with E-state index in [-0.39, 0.29) is 18.0 Å². The van der Waals surface area contributed by atoms with Crippen molar-refractivity contribution in [3.05, 3.63) is 29.8 Å². The summed E-state index contributed by atoms with van der Waals surface area (Å²) in [5.74, 6) is -0.462. The Morgan fingerprint density at radius 1 is 1.24 bits per heavy atom. The predicted octanol–water partition coefficient (Wildman–Crippen LogP) is 2.65. The average molecular weight is 284 g/mol. The van der Waals surface area contributed by atoms with Gasteiger partial charge in [0.15, 0.2) is 0 Å². The molecule has 4 heteroatoms. The second kappa shape index (κ2) is 4.95. The fraction of sp³-hybridized carbons (Fsp3) is 0.529. The van der Waals surface area contributed by atoms with Crippen molar-refractivity contribution in [3.8, 4) is 0 Å². The van der Waals surface area contributed by atoms with Crippen LogP contribution in [0.25, 0.3) is 0 Å². The van der Waals surface area contributed by atoms with Gasteiger partial charge in [0.05, 0.1) is 5.69 Å². The Hall–Kier alpha value is -1.68. The highest BCUT2D eigenvalue weighted by atomic mass is 16.5. The second-order valence-electron chi connectivity index (χ2n) is 6.40. The van der Waals surface area contributed by atoms with Crippen LogP contribution in [0.2, 0.25) is 0 Å². The van der Waals surface area contributed by atoms with Crippen LogP contribution in [-0.4, -0.2) is 42.3 Å². The van der Waals surface area contributed by atoms with Gasteiger partial charge in [0.25, 0.3) is 0 Å². The van der Waals surface area contributed by atoms with E-state index in [1.54, 1.807) is 6.21 Å². The minimum absolute atomic E-state index is 0.0763. The highest BCUT2D eigenvalue weighted by Crippen LogP contribution is 2.37. The number of rotatable bonds is 2. The number of carbonyl (C=O) groups excluding carboxylic acids is 1. The van der Waals surface area contributed by atoms with E-state index < -0.39 is 0 Å². The van der Waals surface area contributed by atoms with Gasteiger partial charge in [-0.15, -0.1) is 0 Å². The number of piperidine rings is 1. The van der Waals surface area contributed by atoms with Gasteiger partial charge in [-0.25, -0.2) is 0 Å². The Kier molecular flexibility index (Phi) is 3.07. The van der Waals surface area contributed by atoms with Gasteiger partial charge in [-0.2, -0.15) is 0 Å². The van der Waals surface area contributed by atoms with Crippen molar-refractivity contribution in [2.75, 3.05) is 7.05 Å². The zero-order valence-corrected chi connectivity index (χ0v) is 12.2. The van der Waals surface area contributed by atoms with Gasteiger partial charge in [0.2, 0.25) is 0 Å². The lowest BCUT2D eigenvalue weighted by Crippen LogP contribution is -2.43. The number of carbonyl (C=O) groups is 1. The third-order valence-corrected chi connectivity index (χ3v) is 5.23. The Morgan fingerprint density at radius 3 is 2.71 bits per heavy atom. The molecule has 4 atom stereocenters. The van der Waals surface area contributed by atoms with Crippen molar-refractivity contribution in [2.24, 2.45) is 4.99 Å². The molecule has 3 heterocycles. The van der Waals surface area contributed by atoms with Gasteiger partial charge in [-0.05, 0) is 44.4 Å². The molecule has 110 valence electrons. The lowest BCUT2D eigenvalue weighted by atomic mass is 9.99. The minimum Gasteiger partial charge on any atom is -0.462 e. The van der Waals surface area contributed by atoms with Crippen LogP contribution in [0.3, 0.4) is 0 Å². The van der Waals surface area contributed by atoms with Crippen LogP contribution in [0.5, 0.6) is 0 Å². The van der Waals surface area contributed by atoms with E-state index in [1.807, 2.05) is 24.3 Å². The summed E-state index contributed by atoms with van der Waals surface area (Å²) in [5.41, 5.74) is 1.86. The van der Waals surface area contributed by atoms with E-state index in [4.69, 9.17) is 4.74 Å². The first-order chi connectivity index (χ1) is 10.2. The molecule has 2 bridgehead atoms. The van der Waals surface area contributed by atoms with Crippen molar-refractivity contribution in [1.29, 1.82) is 0 Å². The number of hydrogen-bond donors (Lipinski definition) is 0. The maximum Gasteiger partial charge on any atom is 0.319 e. The minimum atomic E-state index is -0.321. The first kappa shape index (κ1) is 13.0. The molecule has 4 rings (SSSR count). The summed E-state index contributed by atoms with van der Waals surface area (Å²) in [7, 11) is 2.19. The standard InChI is InChI=1S/C17H20N2O2/c1-19-11-6-7-12(19)9-13(8-11)21-17(20)15-10-18-16-5-3-2-4-14(15)16/h2-5,10-13,15H,6-9H2,1H3/t11-,12+,13?,15-/m1/s1. The summed E-state index contributed by atoms with van der Waals surface area (Å²) in [6, 6.07) is 8.97. The fourth-order valence-electron chi connectivity index (χ4n) is 3.99. The van der Waals surface area contributed by atoms with Crippen LogP contribution >= 0.6 is 0 Å². The Bertz CT molecular complexity index is 584. The Balaban J connectivity index is 1.45. The van der Waals surface area contributed by atoms with E-state index in [0.29, 0.717) is 12.1 Å². The smallest absolute Gasteiger partial charge is 0.319 e. The maximum absolute atomic E-state index is 12.5. The lowest BCUT2D eigenvalue weighted by Gasteiger charge is -2.36. The van der Waals surface area contributed by atoms with Crippen LogP contribution in [0.15, 0.2) is 29.3 Å². The highest BCUT2D eigenvalue weighted by Gasteiger charge is 2.40. The van der Waals surface area contributed by atoms with E-state index in [9.17, 15) is 4.79 Å². The first-order valence-electron chi connectivity index (χ1n) is 7.78. The molecule has 0 amide bonds. The highest BCUT2D eigenvalue weighted by molar-refractivity contribution is 6.01. The average Bonchev–Trinajstić information content (AvgIpc) is 2.98. The molecule has 0 N–H and O–H groups in total. The third-order valence-electron chi connectivity index (χ3n) is 5.23.